The maximum Gasteiger partial charge on any atom is 0.238 e. The Labute approximate surface area is 163 Å². The standard InChI is InChI=1S/C24H32N2O/c1-18(2)22-14-9-10-19(3)24(22)25-23(27)17-26-15-8-7-13-21(26)16-20-11-5-4-6-12-20/h4-6,9-12,14,18,21H,7-8,13,15-17H2,1-3H3,(H,25,27)/t21-/m0/s1. The van der Waals surface area contributed by atoms with Gasteiger partial charge < -0.3 is 5.32 Å². The van der Waals surface area contributed by atoms with E-state index in [-0.39, 0.29) is 5.91 Å². The third kappa shape index (κ3) is 5.20. The number of hydrogen-bond donors (Lipinski definition) is 1. The van der Waals surface area contributed by atoms with Crippen LogP contribution in [0, 0.1) is 6.92 Å². The Bertz CT molecular complexity index is 754. The van der Waals surface area contributed by atoms with E-state index in [1.54, 1.807) is 0 Å². The smallest absolute Gasteiger partial charge is 0.238 e. The molecular weight excluding hydrogens is 332 g/mol. The van der Waals surface area contributed by atoms with E-state index >= 15 is 0 Å². The SMILES string of the molecule is Cc1cccc(C(C)C)c1NC(=O)CN1CCCC[C@H]1Cc1ccccc1. The van der Waals surface area contributed by atoms with Crippen LogP contribution in [-0.2, 0) is 11.2 Å². The van der Waals surface area contributed by atoms with Crippen LogP contribution in [0.25, 0.3) is 0 Å². The number of carbonyl (C=O) groups is 1. The zero-order chi connectivity index (χ0) is 19.2. The first-order valence-electron chi connectivity index (χ1n) is 10.2. The van der Waals surface area contributed by atoms with Crippen molar-refractivity contribution in [1.29, 1.82) is 0 Å². The van der Waals surface area contributed by atoms with Gasteiger partial charge in [0.05, 0.1) is 6.54 Å². The first-order chi connectivity index (χ1) is 13.0. The van der Waals surface area contributed by atoms with Crippen molar-refractivity contribution in [3.8, 4) is 0 Å². The van der Waals surface area contributed by atoms with E-state index in [1.807, 2.05) is 0 Å². The molecular formula is C24H32N2O. The summed E-state index contributed by atoms with van der Waals surface area (Å²) in [6.45, 7) is 7.90. The van der Waals surface area contributed by atoms with Crippen LogP contribution in [0.3, 0.4) is 0 Å². The maximum atomic E-state index is 12.9. The second-order valence-electron chi connectivity index (χ2n) is 8.05. The first kappa shape index (κ1) is 19.6. The largest absolute Gasteiger partial charge is 0.324 e. The molecule has 0 bridgehead atoms. The summed E-state index contributed by atoms with van der Waals surface area (Å²) in [6.07, 6.45) is 4.63. The first-order valence-corrected chi connectivity index (χ1v) is 10.2. The van der Waals surface area contributed by atoms with Crippen LogP contribution in [0.15, 0.2) is 48.5 Å². The monoisotopic (exact) mass is 364 g/mol. The van der Waals surface area contributed by atoms with Gasteiger partial charge in [-0.3, -0.25) is 9.69 Å². The third-order valence-electron chi connectivity index (χ3n) is 5.60. The van der Waals surface area contributed by atoms with Crippen molar-refractivity contribution in [2.45, 2.75) is 58.4 Å². The minimum absolute atomic E-state index is 0.103. The van der Waals surface area contributed by atoms with Crippen LogP contribution >= 0.6 is 0 Å². The fourth-order valence-corrected chi connectivity index (χ4v) is 4.09. The number of aryl methyl sites for hydroxylation is 1. The van der Waals surface area contributed by atoms with Crippen LogP contribution in [0.2, 0.25) is 0 Å². The fourth-order valence-electron chi connectivity index (χ4n) is 4.09. The summed E-state index contributed by atoms with van der Waals surface area (Å²) < 4.78 is 0. The molecule has 2 aromatic carbocycles. The van der Waals surface area contributed by atoms with Crippen molar-refractivity contribution >= 4 is 11.6 Å². The molecule has 0 spiro atoms. The summed E-state index contributed by atoms with van der Waals surface area (Å²) in [4.78, 5) is 15.2. The summed E-state index contributed by atoms with van der Waals surface area (Å²) in [5, 5.41) is 3.21. The lowest BCUT2D eigenvalue weighted by Gasteiger charge is -2.35. The van der Waals surface area contributed by atoms with Gasteiger partial charge in [-0.25, -0.2) is 0 Å². The number of hydrogen-bond acceptors (Lipinski definition) is 2. The van der Waals surface area contributed by atoms with Crippen molar-refractivity contribution in [2.75, 3.05) is 18.4 Å². The fraction of sp³-hybridized carbons (Fsp3) is 0.458. The van der Waals surface area contributed by atoms with Crippen molar-refractivity contribution in [1.82, 2.24) is 4.90 Å². The minimum Gasteiger partial charge on any atom is -0.324 e. The molecule has 1 heterocycles. The van der Waals surface area contributed by atoms with E-state index in [4.69, 9.17) is 0 Å². The molecule has 1 aliphatic rings. The van der Waals surface area contributed by atoms with Gasteiger partial charge >= 0.3 is 0 Å². The van der Waals surface area contributed by atoms with Crippen LogP contribution in [0.1, 0.15) is 55.7 Å². The highest BCUT2D eigenvalue weighted by molar-refractivity contribution is 5.94. The van der Waals surface area contributed by atoms with Crippen molar-refractivity contribution in [2.24, 2.45) is 0 Å². The van der Waals surface area contributed by atoms with Gasteiger partial charge in [0.2, 0.25) is 5.91 Å². The summed E-state index contributed by atoms with van der Waals surface area (Å²) >= 11 is 0. The molecule has 3 heteroatoms. The second-order valence-corrected chi connectivity index (χ2v) is 8.05. The van der Waals surface area contributed by atoms with Gasteiger partial charge in [-0.1, -0.05) is 68.8 Å². The van der Waals surface area contributed by atoms with E-state index in [9.17, 15) is 4.79 Å². The Morgan fingerprint density at radius 3 is 2.63 bits per heavy atom. The zero-order valence-electron chi connectivity index (χ0n) is 16.9. The number of nitrogens with one attached hydrogen (secondary N) is 1. The summed E-state index contributed by atoms with van der Waals surface area (Å²) in [5.74, 6) is 0.493. The lowest BCUT2D eigenvalue weighted by Crippen LogP contribution is -2.45. The molecule has 1 N–H and O–H groups in total. The van der Waals surface area contributed by atoms with Gasteiger partial charge in [-0.05, 0) is 55.3 Å². The molecule has 1 atom stereocenters. The Hall–Kier alpha value is -2.13. The minimum atomic E-state index is 0.103. The Kier molecular flexibility index (Phi) is 6.68. The molecule has 0 unspecified atom stereocenters. The van der Waals surface area contributed by atoms with Gasteiger partial charge in [-0.2, -0.15) is 0 Å². The number of rotatable bonds is 6. The number of para-hydroxylation sites is 1. The predicted octanol–water partition coefficient (Wildman–Crippen LogP) is 5.15. The lowest BCUT2D eigenvalue weighted by molar-refractivity contribution is -0.118. The van der Waals surface area contributed by atoms with E-state index < -0.39 is 0 Å². The second kappa shape index (κ2) is 9.18. The molecule has 0 aromatic heterocycles. The highest BCUT2D eigenvalue weighted by Gasteiger charge is 2.25. The number of nitrogens with zero attached hydrogens (tertiary/aromatic N) is 1. The molecule has 27 heavy (non-hydrogen) atoms. The average molecular weight is 365 g/mol. The quantitative estimate of drug-likeness (QED) is 0.768. The highest BCUT2D eigenvalue weighted by Crippen LogP contribution is 2.28. The third-order valence-corrected chi connectivity index (χ3v) is 5.60. The number of anilines is 1. The summed E-state index contributed by atoms with van der Waals surface area (Å²) in [7, 11) is 0. The molecule has 1 fully saturated rings. The average Bonchev–Trinajstić information content (AvgIpc) is 2.65. The van der Waals surface area contributed by atoms with Crippen molar-refractivity contribution in [3.05, 3.63) is 65.2 Å². The number of benzene rings is 2. The van der Waals surface area contributed by atoms with E-state index in [0.29, 0.717) is 18.5 Å². The Balaban J connectivity index is 1.67. The van der Waals surface area contributed by atoms with E-state index in [2.05, 4.69) is 79.5 Å². The molecule has 0 aliphatic carbocycles. The van der Waals surface area contributed by atoms with E-state index in [1.165, 1.54) is 30.4 Å². The Morgan fingerprint density at radius 1 is 1.11 bits per heavy atom. The highest BCUT2D eigenvalue weighted by atomic mass is 16.2. The van der Waals surface area contributed by atoms with Crippen molar-refractivity contribution in [3.63, 3.8) is 0 Å². The van der Waals surface area contributed by atoms with Gasteiger partial charge in [0.15, 0.2) is 0 Å². The molecule has 144 valence electrons. The van der Waals surface area contributed by atoms with Crippen LogP contribution in [-0.4, -0.2) is 29.9 Å². The molecule has 1 aliphatic heterocycles. The van der Waals surface area contributed by atoms with Crippen LogP contribution in [0.5, 0.6) is 0 Å². The number of likely N-dealkylation sites (tertiary alicyclic amines) is 1. The molecule has 2 aromatic rings. The topological polar surface area (TPSA) is 32.3 Å². The maximum absolute atomic E-state index is 12.9. The van der Waals surface area contributed by atoms with E-state index in [0.717, 1.165) is 24.2 Å². The molecule has 3 rings (SSSR count). The predicted molar refractivity (Wildman–Crippen MR) is 113 cm³/mol. The Morgan fingerprint density at radius 2 is 1.89 bits per heavy atom. The number of piperidine rings is 1. The summed E-state index contributed by atoms with van der Waals surface area (Å²) in [6, 6.07) is 17.3. The molecule has 3 nitrogen and oxygen atoms in total. The number of amides is 1. The van der Waals surface area contributed by atoms with Gasteiger partial charge in [0.25, 0.3) is 0 Å². The van der Waals surface area contributed by atoms with Gasteiger partial charge in [-0.15, -0.1) is 0 Å². The molecule has 1 amide bonds. The lowest BCUT2D eigenvalue weighted by atomic mass is 9.95. The van der Waals surface area contributed by atoms with Crippen LogP contribution in [0.4, 0.5) is 5.69 Å². The molecule has 1 saturated heterocycles. The number of carbonyl (C=O) groups excluding carboxylic acids is 1. The zero-order valence-corrected chi connectivity index (χ0v) is 16.9. The summed E-state index contributed by atoms with van der Waals surface area (Å²) in [5.41, 5.74) is 4.70. The van der Waals surface area contributed by atoms with Crippen LogP contribution < -0.4 is 5.32 Å². The normalized spacial score (nSPS) is 17.9. The molecule has 0 radical (unpaired) electrons. The molecule has 0 saturated carbocycles. The van der Waals surface area contributed by atoms with Crippen molar-refractivity contribution < 1.29 is 4.79 Å². The van der Waals surface area contributed by atoms with Gasteiger partial charge in [0.1, 0.15) is 0 Å². The van der Waals surface area contributed by atoms with Gasteiger partial charge in [0, 0.05) is 11.7 Å².